The number of sulfone groups is 1. The summed E-state index contributed by atoms with van der Waals surface area (Å²) < 4.78 is 30.6. The van der Waals surface area contributed by atoms with Crippen molar-refractivity contribution in [2.45, 2.75) is 43.1 Å². The zero-order chi connectivity index (χ0) is 26.7. The first-order valence-corrected chi connectivity index (χ1v) is 14.2. The third-order valence-corrected chi connectivity index (χ3v) is 8.56. The smallest absolute Gasteiger partial charge is 0.295 e. The molecule has 0 saturated heterocycles. The second kappa shape index (κ2) is 10.8. The van der Waals surface area contributed by atoms with E-state index in [1.807, 2.05) is 44.2 Å². The Morgan fingerprint density at radius 1 is 1.03 bits per heavy atom. The van der Waals surface area contributed by atoms with Crippen molar-refractivity contribution in [3.05, 3.63) is 82.0 Å². The summed E-state index contributed by atoms with van der Waals surface area (Å²) in [6.07, 6.45) is 0. The van der Waals surface area contributed by atoms with Gasteiger partial charge >= 0.3 is 0 Å². The third kappa shape index (κ3) is 5.54. The standard InChI is InChI=1S/C25H28N6O4S2/c1-5-30-21(16-37(34,35)20-13-11-17(2)12-14-20)27-28-25(30)36-15-22(32)26-23-18(3)29(4)31(24(23)33)19-9-7-6-8-10-19/h6-14H,5,15-16H2,1-4H3,(H,26,32). The summed E-state index contributed by atoms with van der Waals surface area (Å²) in [6, 6.07) is 15.8. The molecule has 0 aliphatic heterocycles. The van der Waals surface area contributed by atoms with E-state index in [9.17, 15) is 18.0 Å². The second-order valence-corrected chi connectivity index (χ2v) is 11.4. The summed E-state index contributed by atoms with van der Waals surface area (Å²) in [5.74, 6) is -0.403. The van der Waals surface area contributed by atoms with Gasteiger partial charge in [-0.3, -0.25) is 14.3 Å². The number of hydrogen-bond acceptors (Lipinski definition) is 7. The topological polar surface area (TPSA) is 121 Å². The summed E-state index contributed by atoms with van der Waals surface area (Å²) in [4.78, 5) is 26.0. The Kier molecular flexibility index (Phi) is 7.69. The highest BCUT2D eigenvalue weighted by Gasteiger charge is 2.22. The Labute approximate surface area is 219 Å². The van der Waals surface area contributed by atoms with Gasteiger partial charge in [0.2, 0.25) is 5.91 Å². The van der Waals surface area contributed by atoms with Gasteiger partial charge in [-0.25, -0.2) is 13.1 Å². The van der Waals surface area contributed by atoms with Gasteiger partial charge in [0.1, 0.15) is 17.3 Å². The zero-order valence-corrected chi connectivity index (χ0v) is 22.6. The van der Waals surface area contributed by atoms with Gasteiger partial charge in [-0.15, -0.1) is 10.2 Å². The Hall–Kier alpha value is -3.64. The van der Waals surface area contributed by atoms with E-state index in [0.717, 1.165) is 17.3 Å². The van der Waals surface area contributed by atoms with Crippen LogP contribution in [0.1, 0.15) is 24.0 Å². The highest BCUT2D eigenvalue weighted by molar-refractivity contribution is 7.99. The van der Waals surface area contributed by atoms with Crippen molar-refractivity contribution in [3.8, 4) is 5.69 Å². The van der Waals surface area contributed by atoms with Gasteiger partial charge in [0.05, 0.1) is 22.0 Å². The molecule has 0 radical (unpaired) electrons. The van der Waals surface area contributed by atoms with Crippen LogP contribution in [0.5, 0.6) is 0 Å². The molecule has 0 aliphatic rings. The Morgan fingerprint density at radius 2 is 1.70 bits per heavy atom. The minimum absolute atomic E-state index is 0.0258. The van der Waals surface area contributed by atoms with Gasteiger partial charge in [-0.1, -0.05) is 47.7 Å². The first-order valence-electron chi connectivity index (χ1n) is 11.6. The maximum Gasteiger partial charge on any atom is 0.295 e. The van der Waals surface area contributed by atoms with Crippen LogP contribution in [0.2, 0.25) is 0 Å². The molecule has 0 atom stereocenters. The lowest BCUT2D eigenvalue weighted by Crippen LogP contribution is -2.23. The average molecular weight is 541 g/mol. The number of amides is 1. The molecule has 0 bridgehead atoms. The molecule has 0 spiro atoms. The summed E-state index contributed by atoms with van der Waals surface area (Å²) in [7, 11) is -1.85. The molecule has 0 aliphatic carbocycles. The molecule has 10 nitrogen and oxygen atoms in total. The summed E-state index contributed by atoms with van der Waals surface area (Å²) >= 11 is 1.13. The van der Waals surface area contributed by atoms with Crippen molar-refractivity contribution in [3.63, 3.8) is 0 Å². The molecule has 1 amide bonds. The number of thioether (sulfide) groups is 1. The van der Waals surface area contributed by atoms with Crippen LogP contribution in [0.4, 0.5) is 5.69 Å². The first-order chi connectivity index (χ1) is 17.6. The van der Waals surface area contributed by atoms with Crippen LogP contribution >= 0.6 is 11.8 Å². The quantitative estimate of drug-likeness (QED) is 0.324. The predicted molar refractivity (Wildman–Crippen MR) is 143 cm³/mol. The van der Waals surface area contributed by atoms with Crippen LogP contribution < -0.4 is 10.9 Å². The lowest BCUT2D eigenvalue weighted by atomic mass is 10.2. The van der Waals surface area contributed by atoms with Crippen LogP contribution in [-0.2, 0) is 34.0 Å². The molecule has 2 aromatic carbocycles. The van der Waals surface area contributed by atoms with Gasteiger partial charge in [-0.05, 0) is 45.0 Å². The molecular weight excluding hydrogens is 512 g/mol. The van der Waals surface area contributed by atoms with E-state index >= 15 is 0 Å². The minimum Gasteiger partial charge on any atom is -0.319 e. The third-order valence-electron chi connectivity index (χ3n) is 5.96. The van der Waals surface area contributed by atoms with Crippen molar-refractivity contribution in [1.82, 2.24) is 24.1 Å². The highest BCUT2D eigenvalue weighted by atomic mass is 32.2. The molecule has 37 heavy (non-hydrogen) atoms. The molecule has 1 N–H and O–H groups in total. The van der Waals surface area contributed by atoms with Crippen LogP contribution in [0.25, 0.3) is 5.69 Å². The van der Waals surface area contributed by atoms with Crippen LogP contribution in [0.15, 0.2) is 69.4 Å². The number of carbonyl (C=O) groups excluding carboxylic acids is 1. The Morgan fingerprint density at radius 3 is 2.35 bits per heavy atom. The number of nitrogens with one attached hydrogen (secondary N) is 1. The van der Waals surface area contributed by atoms with Gasteiger partial charge < -0.3 is 9.88 Å². The average Bonchev–Trinajstić information content (AvgIpc) is 3.35. The molecule has 4 aromatic rings. The molecule has 2 heterocycles. The lowest BCUT2D eigenvalue weighted by molar-refractivity contribution is -0.113. The van der Waals surface area contributed by atoms with E-state index < -0.39 is 9.84 Å². The summed E-state index contributed by atoms with van der Waals surface area (Å²) in [6.45, 7) is 5.95. The number of anilines is 1. The number of benzene rings is 2. The van der Waals surface area contributed by atoms with Crippen molar-refractivity contribution in [1.29, 1.82) is 0 Å². The zero-order valence-electron chi connectivity index (χ0n) is 21.0. The Balaban J connectivity index is 1.47. The fourth-order valence-electron chi connectivity index (χ4n) is 3.87. The number of aryl methyl sites for hydroxylation is 1. The number of carbonyl (C=O) groups is 1. The highest BCUT2D eigenvalue weighted by Crippen LogP contribution is 2.22. The predicted octanol–water partition coefficient (Wildman–Crippen LogP) is 3.11. The fourth-order valence-corrected chi connectivity index (χ4v) is 5.96. The summed E-state index contributed by atoms with van der Waals surface area (Å²) in [5.41, 5.74) is 2.16. The van der Waals surface area contributed by atoms with E-state index in [1.54, 1.807) is 47.5 Å². The summed E-state index contributed by atoms with van der Waals surface area (Å²) in [5, 5.41) is 11.3. The van der Waals surface area contributed by atoms with E-state index in [2.05, 4.69) is 15.5 Å². The van der Waals surface area contributed by atoms with E-state index in [4.69, 9.17) is 0 Å². The van der Waals surface area contributed by atoms with E-state index in [-0.39, 0.29) is 33.6 Å². The van der Waals surface area contributed by atoms with Gasteiger partial charge in [0.15, 0.2) is 15.0 Å². The maximum atomic E-state index is 13.0. The molecule has 0 unspecified atom stereocenters. The molecule has 0 saturated carbocycles. The van der Waals surface area contributed by atoms with Gasteiger partial charge in [0.25, 0.3) is 5.56 Å². The fraction of sp³-hybridized carbons (Fsp3) is 0.280. The maximum absolute atomic E-state index is 13.0. The van der Waals surface area contributed by atoms with Crippen LogP contribution in [-0.4, -0.2) is 44.2 Å². The van der Waals surface area contributed by atoms with Crippen LogP contribution in [0, 0.1) is 13.8 Å². The number of rotatable bonds is 9. The SMILES string of the molecule is CCn1c(CS(=O)(=O)c2ccc(C)cc2)nnc1SCC(=O)Nc1c(C)n(C)n(-c2ccccc2)c1=O. The molecular formula is C25H28N6O4S2. The second-order valence-electron chi connectivity index (χ2n) is 8.49. The molecule has 194 valence electrons. The lowest BCUT2D eigenvalue weighted by Gasteiger charge is -2.08. The van der Waals surface area contributed by atoms with Gasteiger partial charge in [0, 0.05) is 13.6 Å². The van der Waals surface area contributed by atoms with E-state index in [0.29, 0.717) is 28.9 Å². The van der Waals surface area contributed by atoms with Crippen LogP contribution in [0.3, 0.4) is 0 Å². The largest absolute Gasteiger partial charge is 0.319 e. The number of para-hydroxylation sites is 1. The van der Waals surface area contributed by atoms with Crippen molar-refractivity contribution < 1.29 is 13.2 Å². The molecule has 12 heteroatoms. The van der Waals surface area contributed by atoms with Gasteiger partial charge in [-0.2, -0.15) is 0 Å². The molecule has 4 rings (SSSR count). The van der Waals surface area contributed by atoms with Crippen molar-refractivity contribution >= 4 is 33.2 Å². The van der Waals surface area contributed by atoms with Crippen molar-refractivity contribution in [2.75, 3.05) is 11.1 Å². The van der Waals surface area contributed by atoms with Crippen molar-refractivity contribution in [2.24, 2.45) is 7.05 Å². The van der Waals surface area contributed by atoms with E-state index in [1.165, 1.54) is 4.68 Å². The minimum atomic E-state index is -3.61. The normalized spacial score (nSPS) is 11.6. The molecule has 2 aromatic heterocycles. The number of hydrogen-bond donors (Lipinski definition) is 1. The monoisotopic (exact) mass is 540 g/mol. The first kappa shape index (κ1) is 26.4. The Bertz CT molecular complexity index is 1590. The number of aromatic nitrogens is 5. The number of nitrogens with zero attached hydrogens (tertiary/aromatic N) is 5. The molecule has 0 fully saturated rings.